The molecule has 23 heavy (non-hydrogen) atoms. The van der Waals surface area contributed by atoms with Crippen LogP contribution in [0.4, 0.5) is 4.79 Å². The lowest BCUT2D eigenvalue weighted by Gasteiger charge is -2.21. The summed E-state index contributed by atoms with van der Waals surface area (Å²) in [4.78, 5) is 11.8. The molecule has 1 aliphatic carbocycles. The van der Waals surface area contributed by atoms with Crippen molar-refractivity contribution in [3.63, 3.8) is 0 Å². The van der Waals surface area contributed by atoms with Crippen molar-refractivity contribution in [2.24, 2.45) is 0 Å². The predicted octanol–water partition coefficient (Wildman–Crippen LogP) is 4.17. The second-order valence-corrected chi connectivity index (χ2v) is 7.37. The SMILES string of the molecule is CCCCC(NC1CC1NC(=O)OC(C)(C)C)c1ccccc1. The highest BCUT2D eigenvalue weighted by Crippen LogP contribution is 2.28. The summed E-state index contributed by atoms with van der Waals surface area (Å²) in [6.45, 7) is 7.86. The second kappa shape index (κ2) is 7.82. The summed E-state index contributed by atoms with van der Waals surface area (Å²) in [5.74, 6) is 0. The van der Waals surface area contributed by atoms with Gasteiger partial charge in [-0.15, -0.1) is 0 Å². The van der Waals surface area contributed by atoms with E-state index in [-0.39, 0.29) is 12.1 Å². The van der Waals surface area contributed by atoms with Gasteiger partial charge in [0.25, 0.3) is 0 Å². The van der Waals surface area contributed by atoms with Crippen LogP contribution in [-0.2, 0) is 4.74 Å². The number of hydrogen-bond acceptors (Lipinski definition) is 3. The molecule has 3 atom stereocenters. The highest BCUT2D eigenvalue weighted by Gasteiger charge is 2.40. The van der Waals surface area contributed by atoms with E-state index in [1.54, 1.807) is 0 Å². The number of unbranched alkanes of at least 4 members (excludes halogenated alkanes) is 1. The first-order chi connectivity index (χ1) is 10.9. The summed E-state index contributed by atoms with van der Waals surface area (Å²) in [6, 6.07) is 11.4. The largest absolute Gasteiger partial charge is 0.444 e. The van der Waals surface area contributed by atoms with E-state index in [1.807, 2.05) is 26.8 Å². The molecule has 0 bridgehead atoms. The van der Waals surface area contributed by atoms with Crippen molar-refractivity contribution in [2.45, 2.75) is 77.1 Å². The number of carbonyl (C=O) groups excluding carboxylic acids is 1. The monoisotopic (exact) mass is 318 g/mol. The van der Waals surface area contributed by atoms with Crippen molar-refractivity contribution < 1.29 is 9.53 Å². The van der Waals surface area contributed by atoms with Crippen LogP contribution in [0.25, 0.3) is 0 Å². The maximum Gasteiger partial charge on any atom is 0.407 e. The van der Waals surface area contributed by atoms with Gasteiger partial charge in [0.05, 0.1) is 0 Å². The van der Waals surface area contributed by atoms with Crippen molar-refractivity contribution in [1.29, 1.82) is 0 Å². The van der Waals surface area contributed by atoms with Crippen LogP contribution in [0.2, 0.25) is 0 Å². The molecule has 0 spiro atoms. The number of hydrogen-bond donors (Lipinski definition) is 2. The molecule has 2 rings (SSSR count). The molecule has 0 heterocycles. The summed E-state index contributed by atoms with van der Waals surface area (Å²) >= 11 is 0. The summed E-state index contributed by atoms with van der Waals surface area (Å²) in [5, 5.41) is 6.64. The van der Waals surface area contributed by atoms with Gasteiger partial charge >= 0.3 is 6.09 Å². The summed E-state index contributed by atoms with van der Waals surface area (Å²) in [7, 11) is 0. The fourth-order valence-electron chi connectivity index (χ4n) is 2.70. The molecular weight excluding hydrogens is 288 g/mol. The van der Waals surface area contributed by atoms with Gasteiger partial charge in [-0.25, -0.2) is 4.79 Å². The van der Waals surface area contributed by atoms with Crippen molar-refractivity contribution in [1.82, 2.24) is 10.6 Å². The van der Waals surface area contributed by atoms with Crippen LogP contribution < -0.4 is 10.6 Å². The van der Waals surface area contributed by atoms with Gasteiger partial charge in [-0.05, 0) is 39.2 Å². The molecule has 4 heteroatoms. The van der Waals surface area contributed by atoms with Crippen LogP contribution in [0.1, 0.15) is 65.0 Å². The van der Waals surface area contributed by atoms with Gasteiger partial charge in [0.1, 0.15) is 5.60 Å². The Morgan fingerprint density at radius 3 is 2.57 bits per heavy atom. The topological polar surface area (TPSA) is 50.4 Å². The zero-order valence-electron chi connectivity index (χ0n) is 14.8. The van der Waals surface area contributed by atoms with Gasteiger partial charge in [0.15, 0.2) is 0 Å². The van der Waals surface area contributed by atoms with Crippen LogP contribution in [0.15, 0.2) is 30.3 Å². The lowest BCUT2D eigenvalue weighted by Crippen LogP contribution is -2.37. The molecule has 1 fully saturated rings. The molecule has 4 nitrogen and oxygen atoms in total. The number of nitrogens with one attached hydrogen (secondary N) is 2. The van der Waals surface area contributed by atoms with Crippen molar-refractivity contribution in [3.05, 3.63) is 35.9 Å². The number of alkyl carbamates (subject to hydrolysis) is 1. The van der Waals surface area contributed by atoms with Gasteiger partial charge in [-0.1, -0.05) is 50.1 Å². The predicted molar refractivity (Wildman–Crippen MR) is 93.4 cm³/mol. The molecule has 0 aliphatic heterocycles. The highest BCUT2D eigenvalue weighted by molar-refractivity contribution is 5.68. The Morgan fingerprint density at radius 1 is 1.26 bits per heavy atom. The zero-order chi connectivity index (χ0) is 16.9. The normalized spacial score (nSPS) is 21.6. The van der Waals surface area contributed by atoms with Crippen LogP contribution in [-0.4, -0.2) is 23.8 Å². The minimum atomic E-state index is -0.449. The minimum absolute atomic E-state index is 0.178. The van der Waals surface area contributed by atoms with Crippen molar-refractivity contribution in [3.8, 4) is 0 Å². The molecule has 1 saturated carbocycles. The smallest absolute Gasteiger partial charge is 0.407 e. The standard InChI is InChI=1S/C19H30N2O2/c1-5-6-12-15(14-10-8-7-9-11-14)20-16-13-17(16)21-18(22)23-19(2,3)4/h7-11,15-17,20H,5-6,12-13H2,1-4H3,(H,21,22). The number of rotatable bonds is 7. The van der Waals surface area contributed by atoms with E-state index in [0.717, 1.165) is 12.8 Å². The Balaban J connectivity index is 1.84. The molecule has 1 aromatic rings. The maximum absolute atomic E-state index is 11.8. The third kappa shape index (κ3) is 6.22. The summed E-state index contributed by atoms with van der Waals surface area (Å²) < 4.78 is 5.31. The molecule has 1 amide bonds. The molecule has 0 radical (unpaired) electrons. The van der Waals surface area contributed by atoms with E-state index in [0.29, 0.717) is 12.1 Å². The molecule has 128 valence electrons. The third-order valence-electron chi connectivity index (χ3n) is 3.96. The van der Waals surface area contributed by atoms with Crippen LogP contribution >= 0.6 is 0 Å². The molecule has 0 saturated heterocycles. The fraction of sp³-hybridized carbons (Fsp3) is 0.632. The Bertz CT molecular complexity index is 496. The number of ether oxygens (including phenoxy) is 1. The van der Waals surface area contributed by atoms with E-state index in [2.05, 4.69) is 41.8 Å². The molecule has 1 aliphatic rings. The van der Waals surface area contributed by atoms with Gasteiger partial charge in [0, 0.05) is 18.1 Å². The van der Waals surface area contributed by atoms with Crippen LogP contribution in [0, 0.1) is 0 Å². The second-order valence-electron chi connectivity index (χ2n) is 7.37. The first-order valence-electron chi connectivity index (χ1n) is 8.69. The van der Waals surface area contributed by atoms with E-state index in [9.17, 15) is 4.79 Å². The molecule has 2 N–H and O–H groups in total. The average Bonchev–Trinajstić information content (AvgIpc) is 3.19. The van der Waals surface area contributed by atoms with E-state index in [1.165, 1.54) is 18.4 Å². The summed E-state index contributed by atoms with van der Waals surface area (Å²) in [5.41, 5.74) is 0.874. The van der Waals surface area contributed by atoms with E-state index in [4.69, 9.17) is 4.74 Å². The highest BCUT2D eigenvalue weighted by atomic mass is 16.6. The van der Waals surface area contributed by atoms with E-state index < -0.39 is 5.60 Å². The lowest BCUT2D eigenvalue weighted by atomic mass is 10.0. The van der Waals surface area contributed by atoms with Gasteiger partial charge in [0.2, 0.25) is 0 Å². The first-order valence-corrected chi connectivity index (χ1v) is 8.69. The minimum Gasteiger partial charge on any atom is -0.444 e. The Morgan fingerprint density at radius 2 is 1.96 bits per heavy atom. The van der Waals surface area contributed by atoms with E-state index >= 15 is 0 Å². The van der Waals surface area contributed by atoms with Crippen LogP contribution in [0.5, 0.6) is 0 Å². The van der Waals surface area contributed by atoms with Gasteiger partial charge in [-0.3, -0.25) is 0 Å². The van der Waals surface area contributed by atoms with Gasteiger partial charge in [-0.2, -0.15) is 0 Å². The Labute approximate surface area is 140 Å². The van der Waals surface area contributed by atoms with Gasteiger partial charge < -0.3 is 15.4 Å². The number of carbonyl (C=O) groups is 1. The molecule has 3 unspecified atom stereocenters. The Kier molecular flexibility index (Phi) is 6.05. The number of amides is 1. The van der Waals surface area contributed by atoms with Crippen molar-refractivity contribution >= 4 is 6.09 Å². The maximum atomic E-state index is 11.8. The Hall–Kier alpha value is -1.55. The molecule has 0 aromatic heterocycles. The molecule has 1 aromatic carbocycles. The molecular formula is C19H30N2O2. The third-order valence-corrected chi connectivity index (χ3v) is 3.96. The van der Waals surface area contributed by atoms with Crippen LogP contribution in [0.3, 0.4) is 0 Å². The number of benzene rings is 1. The fourth-order valence-corrected chi connectivity index (χ4v) is 2.70. The average molecular weight is 318 g/mol. The van der Waals surface area contributed by atoms with Crippen molar-refractivity contribution in [2.75, 3.05) is 0 Å². The zero-order valence-corrected chi connectivity index (χ0v) is 14.8. The quantitative estimate of drug-likeness (QED) is 0.793. The lowest BCUT2D eigenvalue weighted by molar-refractivity contribution is 0.0522. The summed E-state index contributed by atoms with van der Waals surface area (Å²) in [6.07, 6.45) is 4.15. The first kappa shape index (κ1) is 17.8.